The Balaban J connectivity index is 1.89. The summed E-state index contributed by atoms with van der Waals surface area (Å²) in [7, 11) is -8.35. The molecule has 0 aromatic heterocycles. The monoisotopic (exact) mass is 656 g/mol. The molecule has 0 saturated heterocycles. The van der Waals surface area contributed by atoms with Gasteiger partial charge in [-0.3, -0.25) is 9.59 Å². The SMILES string of the molecule is CCC(C)(CCCC(=O)c1cc(F)c2ccccc2c1OCc1ccc(S(F)(F)(F)(F)I)cc1)C(=O)O. The third-order valence-electron chi connectivity index (χ3n) is 6.43. The molecule has 202 valence electrons. The summed E-state index contributed by atoms with van der Waals surface area (Å²) in [5.74, 6) is -1.99. The first-order valence-electron chi connectivity index (χ1n) is 11.4. The average Bonchev–Trinajstić information content (AvgIpc) is 2.82. The van der Waals surface area contributed by atoms with Crippen LogP contribution in [-0.4, -0.2) is 16.9 Å². The number of benzene rings is 3. The van der Waals surface area contributed by atoms with E-state index in [0.29, 0.717) is 23.9 Å². The lowest BCUT2D eigenvalue weighted by atomic mass is 9.82. The van der Waals surface area contributed by atoms with Crippen molar-refractivity contribution in [1.29, 1.82) is 0 Å². The van der Waals surface area contributed by atoms with Gasteiger partial charge in [0, 0.05) is 17.2 Å². The van der Waals surface area contributed by atoms with Crippen molar-refractivity contribution < 1.29 is 39.4 Å². The highest BCUT2D eigenvalue weighted by atomic mass is 127. The number of carboxylic acid groups (broad SMARTS) is 1. The highest BCUT2D eigenvalue weighted by Gasteiger charge is 2.61. The van der Waals surface area contributed by atoms with Crippen LogP contribution in [0.25, 0.3) is 10.8 Å². The molecule has 3 aromatic rings. The molecule has 37 heavy (non-hydrogen) atoms. The molecule has 0 fully saturated rings. The van der Waals surface area contributed by atoms with Gasteiger partial charge in [-0.15, -0.1) is 15.5 Å². The molecule has 0 aliphatic carbocycles. The number of rotatable bonds is 11. The Morgan fingerprint density at radius 3 is 2.16 bits per heavy atom. The van der Waals surface area contributed by atoms with Gasteiger partial charge in [-0.05, 0) is 49.9 Å². The van der Waals surface area contributed by atoms with Crippen LogP contribution in [0.5, 0.6) is 5.75 Å². The van der Waals surface area contributed by atoms with Crippen molar-refractivity contribution in [2.75, 3.05) is 0 Å². The second-order valence-electron chi connectivity index (χ2n) is 9.18. The normalized spacial score (nSPS) is 15.5. The van der Waals surface area contributed by atoms with E-state index in [1.807, 2.05) is 0 Å². The molecular weight excluding hydrogens is 630 g/mol. The summed E-state index contributed by atoms with van der Waals surface area (Å²) in [5, 5.41) is 9.95. The number of carboxylic acids is 1. The van der Waals surface area contributed by atoms with E-state index in [0.717, 1.165) is 18.2 Å². The number of fused-ring (bicyclic) bond motifs is 1. The van der Waals surface area contributed by atoms with Crippen molar-refractivity contribution in [1.82, 2.24) is 0 Å². The van der Waals surface area contributed by atoms with E-state index >= 15 is 0 Å². The summed E-state index contributed by atoms with van der Waals surface area (Å²) in [6, 6.07) is 10.8. The molecule has 0 bridgehead atoms. The summed E-state index contributed by atoms with van der Waals surface area (Å²) in [5.41, 5.74) is -0.751. The Hall–Kier alpha value is -2.41. The summed E-state index contributed by atoms with van der Waals surface area (Å²) >= 11 is -0.0867. The zero-order chi connectivity index (χ0) is 27.7. The number of carbonyl (C=O) groups is 2. The highest BCUT2D eigenvalue weighted by molar-refractivity contribution is 14.2. The predicted molar refractivity (Wildman–Crippen MR) is 143 cm³/mol. The van der Waals surface area contributed by atoms with Crippen LogP contribution in [0.4, 0.5) is 19.9 Å². The molecule has 1 N–H and O–H groups in total. The fourth-order valence-corrected chi connectivity index (χ4v) is 5.41. The fourth-order valence-electron chi connectivity index (χ4n) is 3.87. The van der Waals surface area contributed by atoms with Crippen molar-refractivity contribution in [3.63, 3.8) is 0 Å². The van der Waals surface area contributed by atoms with Gasteiger partial charge in [-0.2, -0.15) is 0 Å². The summed E-state index contributed by atoms with van der Waals surface area (Å²) < 4.78 is 75.2. The van der Waals surface area contributed by atoms with Gasteiger partial charge >= 0.3 is 5.97 Å². The zero-order valence-corrected chi connectivity index (χ0v) is 23.1. The van der Waals surface area contributed by atoms with E-state index in [4.69, 9.17) is 4.74 Å². The quantitative estimate of drug-likeness (QED) is 0.127. The number of carbonyl (C=O) groups excluding carboxylic acids is 1. The predicted octanol–water partition coefficient (Wildman–Crippen LogP) is 9.53. The summed E-state index contributed by atoms with van der Waals surface area (Å²) in [6.45, 7) is 3.09. The maximum Gasteiger partial charge on any atom is 0.309 e. The zero-order valence-electron chi connectivity index (χ0n) is 20.1. The molecule has 0 aliphatic heterocycles. The Bertz CT molecular complexity index is 1340. The molecule has 0 amide bonds. The molecule has 4 nitrogen and oxygen atoms in total. The first-order chi connectivity index (χ1) is 16.9. The van der Waals surface area contributed by atoms with Crippen LogP contribution in [0, 0.1) is 11.2 Å². The van der Waals surface area contributed by atoms with E-state index in [1.165, 1.54) is 6.07 Å². The lowest BCUT2D eigenvalue weighted by molar-refractivity contribution is -0.148. The minimum atomic E-state index is -8.35. The minimum absolute atomic E-state index is 0.0446. The highest BCUT2D eigenvalue weighted by Crippen LogP contribution is 3.06. The number of ketones is 1. The van der Waals surface area contributed by atoms with Crippen molar-refractivity contribution in [2.45, 2.75) is 51.0 Å². The third kappa shape index (κ3) is 6.92. The summed E-state index contributed by atoms with van der Waals surface area (Å²) in [4.78, 5) is 23.2. The van der Waals surface area contributed by atoms with Gasteiger partial charge in [0.05, 0.1) is 37.1 Å². The van der Waals surface area contributed by atoms with Crippen LogP contribution >= 0.6 is 28.2 Å². The van der Waals surface area contributed by atoms with E-state index in [-0.39, 0.29) is 69.3 Å². The fraction of sp³-hybridized carbons (Fsp3) is 0.308. The molecule has 0 heterocycles. The lowest BCUT2D eigenvalue weighted by Gasteiger charge is -2.43. The molecule has 11 heteroatoms. The van der Waals surface area contributed by atoms with E-state index in [9.17, 15) is 34.6 Å². The van der Waals surface area contributed by atoms with Crippen molar-refractivity contribution in [2.24, 2.45) is 5.41 Å². The lowest BCUT2D eigenvalue weighted by Crippen LogP contribution is -2.26. The molecule has 3 aromatic carbocycles. The van der Waals surface area contributed by atoms with Crippen molar-refractivity contribution >= 4 is 50.7 Å². The molecule has 1 atom stereocenters. The number of halogens is 6. The van der Waals surface area contributed by atoms with E-state index < -0.39 is 34.9 Å². The van der Waals surface area contributed by atoms with Gasteiger partial charge in [0.25, 0.3) is 0 Å². The number of ether oxygens (including phenoxy) is 1. The molecular formula is C26H26F5IO4S. The van der Waals surface area contributed by atoms with Gasteiger partial charge in [0.2, 0.25) is 7.01 Å². The van der Waals surface area contributed by atoms with Crippen molar-refractivity contribution in [3.05, 3.63) is 71.5 Å². The van der Waals surface area contributed by atoms with E-state index in [1.54, 1.807) is 32.0 Å². The first kappa shape index (κ1) is 29.2. The topological polar surface area (TPSA) is 63.6 Å². The van der Waals surface area contributed by atoms with Crippen LogP contribution in [0.3, 0.4) is 0 Å². The molecule has 0 radical (unpaired) electrons. The van der Waals surface area contributed by atoms with Crippen LogP contribution in [0.15, 0.2) is 59.5 Å². The molecule has 0 spiro atoms. The second kappa shape index (κ2) is 9.72. The maximum atomic E-state index is 14.8. The van der Waals surface area contributed by atoms with E-state index in [2.05, 4.69) is 0 Å². The number of aliphatic carboxylic acids is 1. The Labute approximate surface area is 223 Å². The van der Waals surface area contributed by atoms with Gasteiger partial charge < -0.3 is 9.84 Å². The molecule has 3 rings (SSSR count). The van der Waals surface area contributed by atoms with Gasteiger partial charge in [0.15, 0.2) is 5.78 Å². The van der Waals surface area contributed by atoms with Crippen LogP contribution in [-0.2, 0) is 11.4 Å². The Morgan fingerprint density at radius 1 is 1.03 bits per heavy atom. The van der Waals surface area contributed by atoms with Crippen LogP contribution < -0.4 is 4.74 Å². The smallest absolute Gasteiger partial charge is 0.309 e. The molecule has 1 unspecified atom stereocenters. The minimum Gasteiger partial charge on any atom is -0.487 e. The third-order valence-corrected chi connectivity index (χ3v) is 9.11. The van der Waals surface area contributed by atoms with Crippen molar-refractivity contribution in [3.8, 4) is 5.75 Å². The Kier molecular flexibility index (Phi) is 7.66. The maximum absolute atomic E-state index is 14.8. The van der Waals surface area contributed by atoms with Crippen LogP contribution in [0.1, 0.15) is 55.5 Å². The molecule has 0 aliphatic rings. The van der Waals surface area contributed by atoms with Gasteiger partial charge in [0.1, 0.15) is 18.2 Å². The first-order valence-corrected chi connectivity index (χ1v) is 16.0. The number of Topliss-reactive ketones (excluding diaryl/α,β-unsaturated/α-hetero) is 1. The average molecular weight is 656 g/mol. The number of hydrogen-bond acceptors (Lipinski definition) is 3. The molecule has 0 saturated carbocycles. The number of hydrogen-bond donors (Lipinski definition) is 1. The second-order valence-corrected chi connectivity index (χ2v) is 16.9. The van der Waals surface area contributed by atoms with Gasteiger partial charge in [-0.1, -0.05) is 43.3 Å². The standard InChI is InChI=1S/C26H26F5IO4S/c1-3-26(2,25(34)35)14-6-9-23(33)21-15-22(27)19-7-4-5-8-20(19)24(21)36-16-17-10-12-18(13-11-17)37(28,29,30,31)32/h4-5,7-8,10-13,15H,3,6,9,14,16H2,1-2H3,(H,34,35). The Morgan fingerprint density at radius 2 is 1.62 bits per heavy atom. The largest absolute Gasteiger partial charge is 0.487 e. The van der Waals surface area contributed by atoms with Crippen LogP contribution in [0.2, 0.25) is 0 Å². The van der Waals surface area contributed by atoms with Gasteiger partial charge in [-0.25, -0.2) is 4.39 Å². The summed E-state index contributed by atoms with van der Waals surface area (Å²) in [6.07, 6.45) is 0.837.